The summed E-state index contributed by atoms with van der Waals surface area (Å²) >= 11 is 0. The Morgan fingerprint density at radius 2 is 1.56 bits per heavy atom. The fraction of sp³-hybridized carbons (Fsp3) is 0.900. The third-order valence-electron chi connectivity index (χ3n) is 2.86. The quantitative estimate of drug-likeness (QED) is 0.580. The zero-order valence-corrected chi connectivity index (χ0v) is 9.27. The molecule has 0 bridgehead atoms. The second-order valence-electron chi connectivity index (χ2n) is 4.24. The third kappa shape index (κ3) is 3.86. The molecular formula is C10H12F6O2. The predicted molar refractivity (Wildman–Crippen MR) is 48.6 cm³/mol. The number of carbonyl (C=O) groups is 1. The van der Waals surface area contributed by atoms with Crippen LogP contribution in [0.15, 0.2) is 0 Å². The fourth-order valence-corrected chi connectivity index (χ4v) is 1.93. The van der Waals surface area contributed by atoms with E-state index in [1.54, 1.807) is 0 Å². The molecule has 0 aromatic rings. The van der Waals surface area contributed by atoms with Gasteiger partial charge < -0.3 is 0 Å². The molecule has 1 saturated carbocycles. The molecule has 1 aliphatic carbocycles. The lowest BCUT2D eigenvalue weighted by Gasteiger charge is -2.31. The van der Waals surface area contributed by atoms with Gasteiger partial charge in [0.15, 0.2) is 0 Å². The van der Waals surface area contributed by atoms with Crippen molar-refractivity contribution in [2.24, 2.45) is 5.92 Å². The van der Waals surface area contributed by atoms with Gasteiger partial charge in [0, 0.05) is 0 Å². The van der Waals surface area contributed by atoms with Crippen LogP contribution in [0.25, 0.3) is 0 Å². The summed E-state index contributed by atoms with van der Waals surface area (Å²) in [6.07, 6.45) is -11.7. The van der Waals surface area contributed by atoms with E-state index < -0.39 is 30.3 Å². The first-order chi connectivity index (χ1) is 8.14. The maximum absolute atomic E-state index is 13.4. The Hall–Kier alpha value is -0.790. The summed E-state index contributed by atoms with van der Waals surface area (Å²) < 4.78 is 78.8. The van der Waals surface area contributed by atoms with E-state index in [0.717, 1.165) is 6.42 Å². The molecule has 106 valence electrons. The van der Waals surface area contributed by atoms with Crippen molar-refractivity contribution in [3.8, 4) is 0 Å². The van der Waals surface area contributed by atoms with Crippen LogP contribution >= 0.6 is 0 Å². The third-order valence-corrected chi connectivity index (χ3v) is 2.86. The number of ether oxygens (including phenoxy) is 1. The van der Waals surface area contributed by atoms with Crippen molar-refractivity contribution in [1.82, 2.24) is 0 Å². The van der Waals surface area contributed by atoms with Gasteiger partial charge in [0.2, 0.25) is 6.10 Å². The molecule has 18 heavy (non-hydrogen) atoms. The van der Waals surface area contributed by atoms with Gasteiger partial charge in [-0.3, -0.25) is 9.53 Å². The van der Waals surface area contributed by atoms with Gasteiger partial charge in [-0.05, 0) is 12.8 Å². The average molecular weight is 278 g/mol. The second kappa shape index (κ2) is 5.46. The van der Waals surface area contributed by atoms with Gasteiger partial charge in [-0.1, -0.05) is 19.3 Å². The molecule has 0 amide bonds. The van der Waals surface area contributed by atoms with Gasteiger partial charge in [0.25, 0.3) is 0 Å². The van der Waals surface area contributed by atoms with Crippen LogP contribution < -0.4 is 0 Å². The van der Waals surface area contributed by atoms with Crippen LogP contribution in [0.5, 0.6) is 0 Å². The molecule has 0 radical (unpaired) electrons. The molecule has 2 nitrogen and oxygen atoms in total. The normalized spacial score (nSPS) is 20.8. The van der Waals surface area contributed by atoms with Crippen LogP contribution in [0.4, 0.5) is 26.3 Å². The zero-order chi connectivity index (χ0) is 14.0. The van der Waals surface area contributed by atoms with Crippen molar-refractivity contribution >= 4 is 6.04 Å². The van der Waals surface area contributed by atoms with Crippen LogP contribution in [-0.4, -0.2) is 24.4 Å². The highest BCUT2D eigenvalue weighted by Gasteiger charge is 2.54. The van der Waals surface area contributed by atoms with E-state index in [-0.39, 0.29) is 12.8 Å². The van der Waals surface area contributed by atoms with E-state index in [0.29, 0.717) is 12.8 Å². The first-order valence-electron chi connectivity index (χ1n) is 5.46. The summed E-state index contributed by atoms with van der Waals surface area (Å²) in [4.78, 5) is 10.1. The first kappa shape index (κ1) is 15.3. The van der Waals surface area contributed by atoms with Crippen molar-refractivity contribution in [3.63, 3.8) is 0 Å². The van der Waals surface area contributed by atoms with E-state index in [4.69, 9.17) is 0 Å². The Balaban J connectivity index is 2.75. The minimum atomic E-state index is -5.48. The maximum atomic E-state index is 13.4. The number of rotatable bonds is 4. The molecule has 0 aromatic carbocycles. The molecule has 0 N–H and O–H groups in total. The van der Waals surface area contributed by atoms with Crippen molar-refractivity contribution in [2.45, 2.75) is 50.5 Å². The molecule has 0 heterocycles. The summed E-state index contributed by atoms with van der Waals surface area (Å²) in [7, 11) is 0. The number of hydrogen-bond acceptors (Lipinski definition) is 2. The lowest BCUT2D eigenvalue weighted by atomic mass is 9.88. The van der Waals surface area contributed by atoms with Crippen LogP contribution in [0.2, 0.25) is 0 Å². The van der Waals surface area contributed by atoms with Gasteiger partial charge in [0.1, 0.15) is 0 Å². The van der Waals surface area contributed by atoms with E-state index in [2.05, 4.69) is 4.74 Å². The Kier molecular flexibility index (Phi) is 4.63. The molecule has 1 fully saturated rings. The van der Waals surface area contributed by atoms with Crippen molar-refractivity contribution in [3.05, 3.63) is 0 Å². The summed E-state index contributed by atoms with van der Waals surface area (Å²) in [5.41, 5.74) is 0. The second-order valence-corrected chi connectivity index (χ2v) is 4.24. The fourth-order valence-electron chi connectivity index (χ4n) is 1.93. The van der Waals surface area contributed by atoms with Gasteiger partial charge >= 0.3 is 18.3 Å². The number of alkyl halides is 5. The lowest BCUT2D eigenvalue weighted by molar-refractivity contribution is -0.338. The molecule has 1 atom stereocenters. The van der Waals surface area contributed by atoms with Crippen LogP contribution in [0.1, 0.15) is 32.1 Å². The standard InChI is InChI=1S/C10H12F6O2/c11-8(17)7(9(12,13)14)18-10(15,16)6-4-2-1-3-5-6/h6-7H,1-5H2. The maximum Gasteiger partial charge on any atom is 0.424 e. The summed E-state index contributed by atoms with van der Waals surface area (Å²) in [5, 5.41) is 0. The Labute approximate surface area is 99.3 Å². The highest BCUT2D eigenvalue weighted by Crippen LogP contribution is 2.40. The van der Waals surface area contributed by atoms with Crippen LogP contribution in [0.3, 0.4) is 0 Å². The van der Waals surface area contributed by atoms with Crippen molar-refractivity contribution in [2.75, 3.05) is 0 Å². The van der Waals surface area contributed by atoms with Crippen molar-refractivity contribution < 1.29 is 35.9 Å². The minimum absolute atomic E-state index is 0.00193. The average Bonchev–Trinajstić information content (AvgIpc) is 2.25. The van der Waals surface area contributed by atoms with Crippen LogP contribution in [-0.2, 0) is 9.53 Å². The Morgan fingerprint density at radius 3 is 1.94 bits per heavy atom. The number of hydrogen-bond donors (Lipinski definition) is 0. The molecule has 1 aliphatic rings. The highest BCUT2D eigenvalue weighted by atomic mass is 19.4. The zero-order valence-electron chi connectivity index (χ0n) is 9.27. The molecule has 0 spiro atoms. The summed E-state index contributed by atoms with van der Waals surface area (Å²) in [6, 6.07) is -2.96. The highest BCUT2D eigenvalue weighted by molar-refractivity contribution is 5.74. The van der Waals surface area contributed by atoms with E-state index in [1.165, 1.54) is 0 Å². The predicted octanol–water partition coefficient (Wildman–Crippen LogP) is 3.60. The van der Waals surface area contributed by atoms with E-state index >= 15 is 0 Å². The molecular weight excluding hydrogens is 266 g/mol. The molecule has 8 heteroatoms. The first-order valence-corrected chi connectivity index (χ1v) is 5.46. The molecule has 1 unspecified atom stereocenters. The summed E-state index contributed by atoms with van der Waals surface area (Å²) in [6.45, 7) is 0. The summed E-state index contributed by atoms with van der Waals surface area (Å²) in [5.74, 6) is -1.41. The lowest BCUT2D eigenvalue weighted by Crippen LogP contribution is -2.45. The Morgan fingerprint density at radius 1 is 1.06 bits per heavy atom. The Bertz CT molecular complexity index is 295. The topological polar surface area (TPSA) is 26.3 Å². The number of carbonyl (C=O) groups excluding carboxylic acids is 1. The largest absolute Gasteiger partial charge is 0.424 e. The SMILES string of the molecule is O=C(F)C(OC(F)(F)C1CCCCC1)C(F)(F)F. The van der Waals surface area contributed by atoms with Gasteiger partial charge in [-0.15, -0.1) is 0 Å². The van der Waals surface area contributed by atoms with Gasteiger partial charge in [-0.2, -0.15) is 26.3 Å². The monoisotopic (exact) mass is 278 g/mol. The molecule has 0 saturated heterocycles. The number of halogens is 6. The van der Waals surface area contributed by atoms with E-state index in [9.17, 15) is 31.1 Å². The van der Waals surface area contributed by atoms with Crippen molar-refractivity contribution in [1.29, 1.82) is 0 Å². The molecule has 0 aromatic heterocycles. The molecule has 0 aliphatic heterocycles. The van der Waals surface area contributed by atoms with Gasteiger partial charge in [-0.25, -0.2) is 0 Å². The van der Waals surface area contributed by atoms with Gasteiger partial charge in [0.05, 0.1) is 5.92 Å². The van der Waals surface area contributed by atoms with E-state index in [1.807, 2.05) is 0 Å². The minimum Gasteiger partial charge on any atom is -0.296 e. The smallest absolute Gasteiger partial charge is 0.296 e. The molecule has 1 rings (SSSR count). The van der Waals surface area contributed by atoms with Crippen LogP contribution in [0, 0.1) is 5.92 Å².